The maximum Gasteiger partial charge on any atom is 0.351 e. The molecule has 1 aromatic heterocycles. The Balaban J connectivity index is 1.82. The molecule has 0 amide bonds. The van der Waals surface area contributed by atoms with E-state index in [4.69, 9.17) is 5.26 Å². The van der Waals surface area contributed by atoms with Crippen molar-refractivity contribution in [2.24, 2.45) is 0 Å². The van der Waals surface area contributed by atoms with Crippen LogP contribution in [0, 0.1) is 28.8 Å². The number of nitriles is 1. The van der Waals surface area contributed by atoms with Crippen LogP contribution in [0.2, 0.25) is 0 Å². The third kappa shape index (κ3) is 2.49. The SMILES string of the molecule is N#Cc1cc(-n2nc3n(c2=O)[C@H](c2cc(F)cc(F)c2)CC3)ccc1F. The lowest BCUT2D eigenvalue weighted by Crippen LogP contribution is -2.26. The summed E-state index contributed by atoms with van der Waals surface area (Å²) in [5, 5.41) is 13.2. The first-order chi connectivity index (χ1) is 12.5. The topological polar surface area (TPSA) is 63.6 Å². The molecule has 0 bridgehead atoms. The molecule has 0 aliphatic carbocycles. The number of fused-ring (bicyclic) bond motifs is 1. The van der Waals surface area contributed by atoms with E-state index in [2.05, 4.69) is 5.10 Å². The number of benzene rings is 2. The number of hydrogen-bond donors (Lipinski definition) is 0. The number of rotatable bonds is 2. The van der Waals surface area contributed by atoms with E-state index in [0.29, 0.717) is 24.2 Å². The van der Waals surface area contributed by atoms with Gasteiger partial charge in [0, 0.05) is 12.5 Å². The molecule has 0 saturated heterocycles. The molecule has 0 saturated carbocycles. The van der Waals surface area contributed by atoms with Crippen LogP contribution in [0.25, 0.3) is 5.69 Å². The Bertz CT molecular complexity index is 1110. The molecule has 2 heterocycles. The summed E-state index contributed by atoms with van der Waals surface area (Å²) in [7, 11) is 0. The van der Waals surface area contributed by atoms with Crippen molar-refractivity contribution in [2.45, 2.75) is 18.9 Å². The third-order valence-corrected chi connectivity index (χ3v) is 4.42. The maximum atomic E-state index is 13.5. The summed E-state index contributed by atoms with van der Waals surface area (Å²) >= 11 is 0. The number of halogens is 3. The summed E-state index contributed by atoms with van der Waals surface area (Å²) in [6, 6.07) is 8.00. The Morgan fingerprint density at radius 2 is 1.85 bits per heavy atom. The number of aromatic nitrogens is 3. The fourth-order valence-electron chi connectivity index (χ4n) is 3.28. The lowest BCUT2D eigenvalue weighted by molar-refractivity contribution is 0.550. The van der Waals surface area contributed by atoms with Crippen LogP contribution in [-0.2, 0) is 6.42 Å². The van der Waals surface area contributed by atoms with Gasteiger partial charge in [0.25, 0.3) is 0 Å². The molecule has 1 aliphatic rings. The minimum absolute atomic E-state index is 0.202. The highest BCUT2D eigenvalue weighted by Gasteiger charge is 2.30. The Kier molecular flexibility index (Phi) is 3.65. The molecule has 3 aromatic rings. The molecule has 0 radical (unpaired) electrons. The molecule has 4 rings (SSSR count). The molecule has 5 nitrogen and oxygen atoms in total. The largest absolute Gasteiger partial charge is 0.351 e. The summed E-state index contributed by atoms with van der Waals surface area (Å²) in [4.78, 5) is 12.8. The summed E-state index contributed by atoms with van der Waals surface area (Å²) in [5.74, 6) is -1.66. The van der Waals surface area contributed by atoms with Crippen molar-refractivity contribution in [1.82, 2.24) is 14.3 Å². The summed E-state index contributed by atoms with van der Waals surface area (Å²) in [5.41, 5.74) is -0.118. The van der Waals surface area contributed by atoms with E-state index >= 15 is 0 Å². The smallest absolute Gasteiger partial charge is 0.271 e. The van der Waals surface area contributed by atoms with Crippen molar-refractivity contribution < 1.29 is 13.2 Å². The number of aryl methyl sites for hydroxylation is 1. The Labute approximate surface area is 145 Å². The van der Waals surface area contributed by atoms with Crippen LogP contribution in [-0.4, -0.2) is 14.3 Å². The number of hydrogen-bond acceptors (Lipinski definition) is 3. The van der Waals surface area contributed by atoms with Gasteiger partial charge in [0.1, 0.15) is 29.3 Å². The monoisotopic (exact) mass is 356 g/mol. The van der Waals surface area contributed by atoms with E-state index < -0.39 is 29.2 Å². The van der Waals surface area contributed by atoms with Gasteiger partial charge in [-0.3, -0.25) is 4.57 Å². The first-order valence-corrected chi connectivity index (χ1v) is 7.84. The van der Waals surface area contributed by atoms with Crippen LogP contribution in [0.3, 0.4) is 0 Å². The van der Waals surface area contributed by atoms with Gasteiger partial charge in [-0.1, -0.05) is 0 Å². The van der Waals surface area contributed by atoms with Gasteiger partial charge in [0.15, 0.2) is 0 Å². The van der Waals surface area contributed by atoms with Gasteiger partial charge in [0.05, 0.1) is 17.3 Å². The zero-order valence-corrected chi connectivity index (χ0v) is 13.3. The minimum atomic E-state index is -0.717. The van der Waals surface area contributed by atoms with E-state index in [9.17, 15) is 18.0 Å². The van der Waals surface area contributed by atoms with Crippen LogP contribution in [0.1, 0.15) is 29.4 Å². The van der Waals surface area contributed by atoms with E-state index in [0.717, 1.165) is 16.8 Å². The normalized spacial score (nSPS) is 15.7. The average Bonchev–Trinajstić information content (AvgIpc) is 3.15. The Morgan fingerprint density at radius 3 is 2.54 bits per heavy atom. The Hall–Kier alpha value is -3.34. The van der Waals surface area contributed by atoms with Crippen molar-refractivity contribution >= 4 is 0 Å². The van der Waals surface area contributed by atoms with E-state index in [1.807, 2.05) is 0 Å². The van der Waals surface area contributed by atoms with Crippen LogP contribution in [0.5, 0.6) is 0 Å². The molecule has 1 aliphatic heterocycles. The average molecular weight is 356 g/mol. The molecule has 8 heteroatoms. The quantitative estimate of drug-likeness (QED) is 0.709. The lowest BCUT2D eigenvalue weighted by atomic mass is 10.0. The molecule has 130 valence electrons. The van der Waals surface area contributed by atoms with Gasteiger partial charge >= 0.3 is 5.69 Å². The molecule has 26 heavy (non-hydrogen) atoms. The van der Waals surface area contributed by atoms with Crippen molar-refractivity contribution in [3.63, 3.8) is 0 Å². The van der Waals surface area contributed by atoms with E-state index in [1.54, 1.807) is 6.07 Å². The predicted octanol–water partition coefficient (Wildman–Crippen LogP) is 2.86. The van der Waals surface area contributed by atoms with Crippen LogP contribution in [0.4, 0.5) is 13.2 Å². The standard InChI is InChI=1S/C18H11F3N4O/c19-12-5-10(6-13(20)8-12)16-3-4-17-23-25(18(26)24(16)17)14-1-2-15(21)11(7-14)9-22/h1-2,5-8,16H,3-4H2/t16-/m0/s1. The van der Waals surface area contributed by atoms with Crippen molar-refractivity contribution in [2.75, 3.05) is 0 Å². The van der Waals surface area contributed by atoms with Gasteiger partial charge in [-0.25, -0.2) is 18.0 Å². The second-order valence-corrected chi connectivity index (χ2v) is 6.01. The highest BCUT2D eigenvalue weighted by molar-refractivity contribution is 5.41. The fourth-order valence-corrected chi connectivity index (χ4v) is 3.28. The lowest BCUT2D eigenvalue weighted by Gasteiger charge is -2.12. The molecule has 1 atom stereocenters. The molecular formula is C18H11F3N4O. The van der Waals surface area contributed by atoms with Gasteiger partial charge < -0.3 is 0 Å². The minimum Gasteiger partial charge on any atom is -0.271 e. The molecule has 0 N–H and O–H groups in total. The zero-order chi connectivity index (χ0) is 18.4. The van der Waals surface area contributed by atoms with Crippen molar-refractivity contribution in [3.8, 4) is 11.8 Å². The maximum absolute atomic E-state index is 13.5. The van der Waals surface area contributed by atoms with E-state index in [-0.39, 0.29) is 11.3 Å². The molecule has 0 fully saturated rings. The van der Waals surface area contributed by atoms with Crippen LogP contribution in [0.15, 0.2) is 41.2 Å². The summed E-state index contributed by atoms with van der Waals surface area (Å²) < 4.78 is 43.0. The van der Waals surface area contributed by atoms with Crippen LogP contribution >= 0.6 is 0 Å². The molecular weight excluding hydrogens is 345 g/mol. The molecule has 0 unspecified atom stereocenters. The zero-order valence-electron chi connectivity index (χ0n) is 13.3. The predicted molar refractivity (Wildman–Crippen MR) is 85.3 cm³/mol. The summed E-state index contributed by atoms with van der Waals surface area (Å²) in [6.45, 7) is 0. The van der Waals surface area contributed by atoms with E-state index in [1.165, 1.54) is 28.8 Å². The third-order valence-electron chi connectivity index (χ3n) is 4.42. The van der Waals surface area contributed by atoms with Crippen molar-refractivity contribution in [3.05, 3.63) is 81.3 Å². The van der Waals surface area contributed by atoms with Crippen LogP contribution < -0.4 is 5.69 Å². The van der Waals surface area contributed by atoms with Gasteiger partial charge in [-0.15, -0.1) is 5.10 Å². The van der Waals surface area contributed by atoms with Gasteiger partial charge in [-0.2, -0.15) is 9.94 Å². The Morgan fingerprint density at radius 1 is 1.12 bits per heavy atom. The van der Waals surface area contributed by atoms with Gasteiger partial charge in [0.2, 0.25) is 0 Å². The second-order valence-electron chi connectivity index (χ2n) is 6.01. The first-order valence-electron chi connectivity index (χ1n) is 7.84. The first kappa shape index (κ1) is 16.1. The molecule has 2 aromatic carbocycles. The van der Waals surface area contributed by atoms with Crippen molar-refractivity contribution in [1.29, 1.82) is 5.26 Å². The number of nitrogens with zero attached hydrogens (tertiary/aromatic N) is 4. The second kappa shape index (κ2) is 5.88. The molecule has 0 spiro atoms. The van der Waals surface area contributed by atoms with Gasteiger partial charge in [-0.05, 0) is 42.3 Å². The highest BCUT2D eigenvalue weighted by atomic mass is 19.1. The fraction of sp³-hybridized carbons (Fsp3) is 0.167. The summed E-state index contributed by atoms with van der Waals surface area (Å²) in [6.07, 6.45) is 0.950. The highest BCUT2D eigenvalue weighted by Crippen LogP contribution is 2.30.